The van der Waals surface area contributed by atoms with Crippen LogP contribution in [0.2, 0.25) is 0 Å². The monoisotopic (exact) mass is 344 g/mol. The van der Waals surface area contributed by atoms with Gasteiger partial charge in [0, 0.05) is 11.2 Å². The third-order valence-corrected chi connectivity index (χ3v) is 4.60. The molecule has 2 aromatic rings. The number of hydroxylamine groups is 2. The molecule has 3 rings (SSSR count). The van der Waals surface area contributed by atoms with Crippen LogP contribution in [0, 0.1) is 4.78 Å². The smallest absolute Gasteiger partial charge is 0.324 e. The molecule has 7 nitrogen and oxygen atoms in total. The number of rotatable bonds is 3. The molecule has 0 fully saturated rings. The van der Waals surface area contributed by atoms with E-state index in [1.807, 2.05) is 0 Å². The first-order chi connectivity index (χ1) is 11.3. The second kappa shape index (κ2) is 5.57. The van der Waals surface area contributed by atoms with Crippen molar-refractivity contribution in [2.45, 2.75) is 4.90 Å². The normalized spacial score (nSPS) is 15.8. The number of nitrogens with zero attached hydrogens (tertiary/aromatic N) is 1. The Hall–Kier alpha value is -3.00. The summed E-state index contributed by atoms with van der Waals surface area (Å²) < 4.78 is 19.3. The molecule has 1 unspecified atom stereocenters. The Labute approximate surface area is 137 Å². The van der Waals surface area contributed by atoms with E-state index in [4.69, 9.17) is 9.62 Å². The number of amides is 2. The van der Waals surface area contributed by atoms with E-state index in [-0.39, 0.29) is 21.6 Å². The van der Waals surface area contributed by atoms with Gasteiger partial charge in [-0.15, -0.1) is 0 Å². The lowest BCUT2D eigenvalue weighted by Gasteiger charge is -2.13. The predicted molar refractivity (Wildman–Crippen MR) is 83.9 cm³/mol. The molecule has 8 heteroatoms. The fraction of sp³-hybridized carbons (Fsp3) is 0.0625. The molecule has 0 radical (unpaired) electrons. The van der Waals surface area contributed by atoms with Crippen LogP contribution in [-0.4, -0.2) is 33.3 Å². The third-order valence-electron chi connectivity index (χ3n) is 3.45. The van der Waals surface area contributed by atoms with Gasteiger partial charge in [0.25, 0.3) is 11.8 Å². The lowest BCUT2D eigenvalue weighted by atomic mass is 10.1. The molecule has 1 heterocycles. The number of carbonyl (C=O) groups excluding carboxylic acids is 3. The van der Waals surface area contributed by atoms with Crippen LogP contribution in [0.4, 0.5) is 0 Å². The van der Waals surface area contributed by atoms with Crippen molar-refractivity contribution in [1.29, 1.82) is 4.78 Å². The molecule has 0 bridgehead atoms. The third kappa shape index (κ3) is 2.67. The van der Waals surface area contributed by atoms with Crippen LogP contribution in [0.3, 0.4) is 0 Å². The summed E-state index contributed by atoms with van der Waals surface area (Å²) in [7, 11) is -3.01. The first kappa shape index (κ1) is 15.9. The summed E-state index contributed by atoms with van der Waals surface area (Å²) in [5, 5.41) is 0.406. The van der Waals surface area contributed by atoms with Crippen LogP contribution in [0.25, 0.3) is 0 Å². The highest BCUT2D eigenvalue weighted by molar-refractivity contribution is 7.91. The van der Waals surface area contributed by atoms with Gasteiger partial charge >= 0.3 is 5.97 Å². The van der Waals surface area contributed by atoms with Crippen LogP contribution >= 0.6 is 0 Å². The topological polar surface area (TPSA) is 105 Å². The first-order valence-electron chi connectivity index (χ1n) is 6.83. The van der Waals surface area contributed by atoms with Crippen molar-refractivity contribution in [1.82, 2.24) is 5.06 Å². The van der Waals surface area contributed by atoms with Gasteiger partial charge in [0.15, 0.2) is 0 Å². The Morgan fingerprint density at radius 2 is 1.62 bits per heavy atom. The molecule has 1 aliphatic heterocycles. The van der Waals surface area contributed by atoms with Crippen LogP contribution < -0.4 is 0 Å². The van der Waals surface area contributed by atoms with Crippen molar-refractivity contribution >= 4 is 27.5 Å². The molecule has 0 aromatic heterocycles. The minimum absolute atomic E-state index is 0.00844. The van der Waals surface area contributed by atoms with E-state index in [9.17, 15) is 18.6 Å². The maximum atomic E-state index is 12.2. The number of hydrogen-bond acceptors (Lipinski definition) is 6. The highest BCUT2D eigenvalue weighted by atomic mass is 32.2. The van der Waals surface area contributed by atoms with Gasteiger partial charge in [-0.25, -0.2) is 13.8 Å². The zero-order chi connectivity index (χ0) is 17.5. The summed E-state index contributed by atoms with van der Waals surface area (Å²) >= 11 is 0. The quantitative estimate of drug-likeness (QED) is 0.859. The molecule has 0 spiro atoms. The minimum Gasteiger partial charge on any atom is -0.324 e. The van der Waals surface area contributed by atoms with Crippen molar-refractivity contribution in [3.05, 3.63) is 65.2 Å². The highest BCUT2D eigenvalue weighted by Gasteiger charge is 2.38. The van der Waals surface area contributed by atoms with Crippen LogP contribution in [0.15, 0.2) is 53.4 Å². The Bertz CT molecular complexity index is 946. The number of carbonyl (C=O) groups is 3. The Morgan fingerprint density at radius 1 is 1.04 bits per heavy atom. The van der Waals surface area contributed by atoms with Gasteiger partial charge in [-0.2, -0.15) is 0 Å². The van der Waals surface area contributed by atoms with Crippen LogP contribution in [0.5, 0.6) is 0 Å². The molecule has 0 aliphatic carbocycles. The fourth-order valence-corrected chi connectivity index (χ4v) is 2.94. The van der Waals surface area contributed by atoms with Crippen molar-refractivity contribution < 1.29 is 23.4 Å². The van der Waals surface area contributed by atoms with E-state index in [1.54, 1.807) is 12.1 Å². The average Bonchev–Trinajstić information content (AvgIpc) is 2.80. The van der Waals surface area contributed by atoms with E-state index in [2.05, 4.69) is 0 Å². The molecule has 1 atom stereocenters. The number of hydrogen-bond donors (Lipinski definition) is 1. The number of imide groups is 1. The molecule has 122 valence electrons. The van der Waals surface area contributed by atoms with E-state index < -0.39 is 27.5 Å². The Kier molecular flexibility index (Phi) is 3.69. The largest absolute Gasteiger partial charge is 0.363 e. The first-order valence-corrected chi connectivity index (χ1v) is 8.79. The van der Waals surface area contributed by atoms with Crippen LogP contribution in [-0.2, 0) is 14.6 Å². The maximum absolute atomic E-state index is 12.2. The molecule has 1 N–H and O–H groups in total. The van der Waals surface area contributed by atoms with E-state index in [0.717, 1.165) is 0 Å². The standard InChI is InChI=1S/C16H12N2O5S/c1-24(17,22)11-6-4-5-10(9-11)16(21)23-18-14(19)12-7-2-3-8-13(12)15(18)20/h2-9,17H,1H3. The summed E-state index contributed by atoms with van der Waals surface area (Å²) in [5.41, 5.74) is 0.310. The van der Waals surface area contributed by atoms with Gasteiger partial charge in [0.1, 0.15) is 0 Å². The van der Waals surface area contributed by atoms with Crippen molar-refractivity contribution in [3.63, 3.8) is 0 Å². The van der Waals surface area contributed by atoms with E-state index in [1.165, 1.54) is 42.7 Å². The molecular weight excluding hydrogens is 332 g/mol. The summed E-state index contributed by atoms with van der Waals surface area (Å²) in [4.78, 5) is 41.6. The van der Waals surface area contributed by atoms with Crippen molar-refractivity contribution in [2.75, 3.05) is 6.26 Å². The van der Waals surface area contributed by atoms with Gasteiger partial charge in [0.2, 0.25) is 0 Å². The SMILES string of the molecule is CS(=N)(=O)c1cccc(C(=O)ON2C(=O)c3ccccc3C2=O)c1. The van der Waals surface area contributed by atoms with Gasteiger partial charge < -0.3 is 4.84 Å². The van der Waals surface area contributed by atoms with Gasteiger partial charge in [-0.05, 0) is 30.3 Å². The lowest BCUT2D eigenvalue weighted by Crippen LogP contribution is -2.32. The summed E-state index contributed by atoms with van der Waals surface area (Å²) in [5.74, 6) is -2.39. The van der Waals surface area contributed by atoms with Crippen LogP contribution in [0.1, 0.15) is 31.1 Å². The zero-order valence-corrected chi connectivity index (χ0v) is 13.3. The summed E-state index contributed by atoms with van der Waals surface area (Å²) in [6.45, 7) is 0. The van der Waals surface area contributed by atoms with E-state index >= 15 is 0 Å². The second-order valence-corrected chi connectivity index (χ2v) is 7.36. The fourth-order valence-electron chi connectivity index (χ4n) is 2.25. The Balaban J connectivity index is 1.87. The van der Waals surface area contributed by atoms with Crippen molar-refractivity contribution in [2.24, 2.45) is 0 Å². The molecular formula is C16H12N2O5S. The maximum Gasteiger partial charge on any atom is 0.363 e. The van der Waals surface area contributed by atoms with Gasteiger partial charge in [-0.1, -0.05) is 23.3 Å². The van der Waals surface area contributed by atoms with Gasteiger partial charge in [0.05, 0.1) is 26.4 Å². The molecule has 2 amide bonds. The van der Waals surface area contributed by atoms with E-state index in [0.29, 0.717) is 5.06 Å². The lowest BCUT2D eigenvalue weighted by molar-refractivity contribution is -0.0584. The number of fused-ring (bicyclic) bond motifs is 1. The Morgan fingerprint density at radius 3 is 2.17 bits per heavy atom. The molecule has 1 aliphatic rings. The predicted octanol–water partition coefficient (Wildman–Crippen LogP) is 2.09. The second-order valence-electron chi connectivity index (χ2n) is 5.20. The number of benzene rings is 2. The summed E-state index contributed by atoms with van der Waals surface area (Å²) in [6, 6.07) is 11.7. The summed E-state index contributed by atoms with van der Waals surface area (Å²) in [6.07, 6.45) is 1.22. The van der Waals surface area contributed by atoms with Gasteiger partial charge in [-0.3, -0.25) is 9.59 Å². The highest BCUT2D eigenvalue weighted by Crippen LogP contribution is 2.23. The molecule has 0 saturated heterocycles. The molecule has 0 saturated carbocycles. The average molecular weight is 344 g/mol. The molecule has 24 heavy (non-hydrogen) atoms. The molecule has 2 aromatic carbocycles. The minimum atomic E-state index is -3.01. The zero-order valence-electron chi connectivity index (χ0n) is 12.5. The number of nitrogens with one attached hydrogen (secondary N) is 1. The van der Waals surface area contributed by atoms with Crippen molar-refractivity contribution in [3.8, 4) is 0 Å².